The summed E-state index contributed by atoms with van der Waals surface area (Å²) >= 11 is 0. The second-order valence-electron chi connectivity index (χ2n) is 2.75. The highest BCUT2D eigenvalue weighted by Gasteiger charge is 1.90. The Morgan fingerprint density at radius 2 is 1.85 bits per heavy atom. The Kier molecular flexibility index (Phi) is 3.14. The summed E-state index contributed by atoms with van der Waals surface area (Å²) in [6, 6.07) is 6.90. The van der Waals surface area contributed by atoms with E-state index in [1.807, 2.05) is 0 Å². The predicted molar refractivity (Wildman–Crippen MR) is 50.0 cm³/mol. The first-order chi connectivity index (χ1) is 6.22. The van der Waals surface area contributed by atoms with Gasteiger partial charge in [-0.15, -0.1) is 5.11 Å². The van der Waals surface area contributed by atoms with Gasteiger partial charge in [-0.3, -0.25) is 9.80 Å². The van der Waals surface area contributed by atoms with Crippen molar-refractivity contribution in [1.29, 1.82) is 0 Å². The number of carbonyl (C=O) groups excluding carboxylic acids is 1. The summed E-state index contributed by atoms with van der Waals surface area (Å²) in [5.41, 5.74) is 1.38. The number of hydrogen-bond donors (Lipinski definition) is 0. The summed E-state index contributed by atoms with van der Waals surface area (Å²) in [4.78, 5) is 10.3. The molecule has 0 aromatic heterocycles. The number of hydrogen-bond acceptors (Lipinski definition) is 3. The van der Waals surface area contributed by atoms with Gasteiger partial charge in [0.25, 0.3) is 0 Å². The molecular weight excluding hydrogens is 166 g/mol. The van der Waals surface area contributed by atoms with E-state index in [1.54, 1.807) is 43.4 Å². The van der Waals surface area contributed by atoms with Crippen LogP contribution in [-0.2, 0) is 0 Å². The number of aldehydes is 1. The molecule has 0 fully saturated rings. The van der Waals surface area contributed by atoms with Gasteiger partial charge in [0.15, 0.2) is 0 Å². The lowest BCUT2D eigenvalue weighted by molar-refractivity contribution is 0.112. The van der Waals surface area contributed by atoms with Crippen LogP contribution < -0.4 is 0 Å². The van der Waals surface area contributed by atoms with Crippen LogP contribution in [0.4, 0.5) is 5.69 Å². The van der Waals surface area contributed by atoms with E-state index in [0.29, 0.717) is 5.56 Å². The molecule has 0 radical (unpaired) electrons. The second-order valence-corrected chi connectivity index (χ2v) is 2.75. The Balaban J connectivity index is 2.75. The van der Waals surface area contributed by atoms with E-state index < -0.39 is 0 Å². The fourth-order valence-electron chi connectivity index (χ4n) is 0.761. The van der Waals surface area contributed by atoms with Crippen molar-refractivity contribution in [2.45, 2.75) is 0 Å². The third-order valence-electron chi connectivity index (χ3n) is 1.37. The Labute approximate surface area is 76.9 Å². The number of benzene rings is 1. The summed E-state index contributed by atoms with van der Waals surface area (Å²) in [6.45, 7) is 0. The van der Waals surface area contributed by atoms with E-state index in [9.17, 15) is 4.79 Å². The number of nitrogens with zero attached hydrogens (tertiary/aromatic N) is 3. The quantitative estimate of drug-likeness (QED) is 0.403. The maximum Gasteiger partial charge on any atom is 0.150 e. The first kappa shape index (κ1) is 9.38. The van der Waals surface area contributed by atoms with Crippen LogP contribution in [0.3, 0.4) is 0 Å². The minimum absolute atomic E-state index is 0.642. The Bertz CT molecular complexity index is 303. The molecule has 4 nitrogen and oxygen atoms in total. The zero-order valence-electron chi connectivity index (χ0n) is 7.64. The summed E-state index contributed by atoms with van der Waals surface area (Å²) in [7, 11) is 3.59. The molecular formula is C9H11N3O. The van der Waals surface area contributed by atoms with Crippen molar-refractivity contribution in [3.63, 3.8) is 0 Å². The van der Waals surface area contributed by atoms with E-state index in [1.165, 1.54) is 0 Å². The molecule has 13 heavy (non-hydrogen) atoms. The largest absolute Gasteiger partial charge is 0.298 e. The van der Waals surface area contributed by atoms with Gasteiger partial charge in [-0.25, -0.2) is 0 Å². The van der Waals surface area contributed by atoms with Crippen LogP contribution in [0.5, 0.6) is 0 Å². The lowest BCUT2D eigenvalue weighted by Gasteiger charge is -1.99. The average Bonchev–Trinajstić information content (AvgIpc) is 2.15. The van der Waals surface area contributed by atoms with Crippen LogP contribution in [0, 0.1) is 0 Å². The molecule has 1 rings (SSSR count). The van der Waals surface area contributed by atoms with Gasteiger partial charge in [-0.1, -0.05) is 5.22 Å². The monoisotopic (exact) mass is 177 g/mol. The van der Waals surface area contributed by atoms with Crippen molar-refractivity contribution < 1.29 is 4.79 Å². The minimum atomic E-state index is 0.642. The van der Waals surface area contributed by atoms with E-state index >= 15 is 0 Å². The van der Waals surface area contributed by atoms with Gasteiger partial charge in [0.2, 0.25) is 0 Å². The maximum atomic E-state index is 10.3. The molecule has 0 N–H and O–H groups in total. The molecule has 68 valence electrons. The Morgan fingerprint density at radius 3 is 2.31 bits per heavy atom. The Hall–Kier alpha value is -1.71. The van der Waals surface area contributed by atoms with Gasteiger partial charge in [0.1, 0.15) is 6.29 Å². The number of carbonyl (C=O) groups is 1. The van der Waals surface area contributed by atoms with Gasteiger partial charge < -0.3 is 0 Å². The molecule has 1 aromatic rings. The van der Waals surface area contributed by atoms with Crippen LogP contribution in [0.2, 0.25) is 0 Å². The molecule has 0 heterocycles. The molecule has 0 aliphatic rings. The molecule has 1 aromatic carbocycles. The van der Waals surface area contributed by atoms with E-state index in [-0.39, 0.29) is 0 Å². The Morgan fingerprint density at radius 1 is 1.23 bits per heavy atom. The standard InChI is InChI=1S/C9H11N3O/c1-12(2)11-10-9-5-3-8(7-13)4-6-9/h3-7H,1-2H3. The molecule has 0 unspecified atom stereocenters. The van der Waals surface area contributed by atoms with Crippen molar-refractivity contribution in [2.75, 3.05) is 14.1 Å². The normalized spacial score (nSPS) is 10.3. The first-order valence-electron chi connectivity index (χ1n) is 3.86. The average molecular weight is 177 g/mol. The smallest absolute Gasteiger partial charge is 0.150 e. The van der Waals surface area contributed by atoms with Gasteiger partial charge >= 0.3 is 0 Å². The lowest BCUT2D eigenvalue weighted by atomic mass is 10.2. The van der Waals surface area contributed by atoms with Crippen molar-refractivity contribution in [3.8, 4) is 0 Å². The summed E-state index contributed by atoms with van der Waals surface area (Å²) in [5, 5.41) is 9.34. The molecule has 0 aliphatic heterocycles. The molecule has 0 amide bonds. The van der Waals surface area contributed by atoms with E-state index in [2.05, 4.69) is 10.3 Å². The summed E-state index contributed by atoms with van der Waals surface area (Å²) in [6.07, 6.45) is 0.798. The van der Waals surface area contributed by atoms with Gasteiger partial charge in [-0.2, -0.15) is 0 Å². The lowest BCUT2D eigenvalue weighted by Crippen LogP contribution is -1.98. The molecule has 0 bridgehead atoms. The van der Waals surface area contributed by atoms with Crippen molar-refractivity contribution in [2.24, 2.45) is 10.3 Å². The van der Waals surface area contributed by atoms with Crippen LogP contribution in [0.25, 0.3) is 0 Å². The van der Waals surface area contributed by atoms with Crippen LogP contribution in [-0.4, -0.2) is 25.4 Å². The van der Waals surface area contributed by atoms with E-state index in [4.69, 9.17) is 0 Å². The second kappa shape index (κ2) is 4.35. The molecule has 0 spiro atoms. The third-order valence-corrected chi connectivity index (χ3v) is 1.37. The fourth-order valence-corrected chi connectivity index (χ4v) is 0.761. The van der Waals surface area contributed by atoms with Gasteiger partial charge in [0, 0.05) is 19.7 Å². The topological polar surface area (TPSA) is 45.0 Å². The van der Waals surface area contributed by atoms with Crippen LogP contribution >= 0.6 is 0 Å². The molecule has 0 saturated heterocycles. The van der Waals surface area contributed by atoms with Crippen molar-refractivity contribution in [3.05, 3.63) is 29.8 Å². The molecule has 4 heteroatoms. The molecule has 0 aliphatic carbocycles. The van der Waals surface area contributed by atoms with E-state index in [0.717, 1.165) is 12.0 Å². The highest BCUT2D eigenvalue weighted by atomic mass is 16.1. The van der Waals surface area contributed by atoms with Gasteiger partial charge in [0.05, 0.1) is 5.69 Å². The SMILES string of the molecule is CN(C)N=Nc1ccc(C=O)cc1. The van der Waals surface area contributed by atoms with Crippen molar-refractivity contribution in [1.82, 2.24) is 5.01 Å². The number of rotatable bonds is 3. The summed E-state index contributed by atoms with van der Waals surface area (Å²) < 4.78 is 0. The predicted octanol–water partition coefficient (Wildman–Crippen LogP) is 2.06. The van der Waals surface area contributed by atoms with Gasteiger partial charge in [-0.05, 0) is 24.3 Å². The minimum Gasteiger partial charge on any atom is -0.298 e. The van der Waals surface area contributed by atoms with Crippen molar-refractivity contribution >= 4 is 12.0 Å². The highest BCUT2D eigenvalue weighted by molar-refractivity contribution is 5.75. The molecule has 0 atom stereocenters. The third kappa shape index (κ3) is 3.02. The molecule has 0 saturated carbocycles. The summed E-state index contributed by atoms with van der Waals surface area (Å²) in [5.74, 6) is 0. The zero-order chi connectivity index (χ0) is 9.68. The maximum absolute atomic E-state index is 10.3. The fraction of sp³-hybridized carbons (Fsp3) is 0.222. The van der Waals surface area contributed by atoms with Crippen LogP contribution in [0.15, 0.2) is 34.6 Å². The highest BCUT2D eigenvalue weighted by Crippen LogP contribution is 2.12. The first-order valence-corrected chi connectivity index (χ1v) is 3.86. The zero-order valence-corrected chi connectivity index (χ0v) is 7.64. The van der Waals surface area contributed by atoms with Crippen LogP contribution in [0.1, 0.15) is 10.4 Å².